The molecule has 2 saturated carbocycles. The van der Waals surface area contributed by atoms with Gasteiger partial charge >= 0.3 is 0 Å². The number of carbonyl (C=O) groups excluding carboxylic acids is 1. The normalized spacial score (nSPS) is 43.7. The Balaban J connectivity index is 2.08. The van der Waals surface area contributed by atoms with E-state index in [2.05, 4.69) is 20.8 Å². The highest BCUT2D eigenvalue weighted by molar-refractivity contribution is 5.79. The standard InChI is InChI=1S/C14H24O/c1-10(15)11-5-6-12(11)14(4)8-7-13(2,3)9-14/h11-12H,5-9H2,1-4H3. The van der Waals surface area contributed by atoms with Crippen LogP contribution in [0.15, 0.2) is 0 Å². The SMILES string of the molecule is CC(=O)C1CCC1C1(C)CCC(C)(C)C1. The van der Waals surface area contributed by atoms with Crippen LogP contribution in [-0.4, -0.2) is 5.78 Å². The molecule has 2 rings (SSSR count). The van der Waals surface area contributed by atoms with Crippen molar-refractivity contribution in [1.29, 1.82) is 0 Å². The van der Waals surface area contributed by atoms with Crippen LogP contribution < -0.4 is 0 Å². The van der Waals surface area contributed by atoms with Crippen molar-refractivity contribution in [2.24, 2.45) is 22.7 Å². The van der Waals surface area contributed by atoms with E-state index in [4.69, 9.17) is 0 Å². The minimum absolute atomic E-state index is 0.393. The maximum absolute atomic E-state index is 11.5. The van der Waals surface area contributed by atoms with E-state index in [-0.39, 0.29) is 0 Å². The number of hydrogen-bond donors (Lipinski definition) is 0. The molecule has 0 heterocycles. The van der Waals surface area contributed by atoms with Gasteiger partial charge in [0.05, 0.1) is 0 Å². The molecule has 0 aromatic heterocycles. The first-order valence-electron chi connectivity index (χ1n) is 6.35. The molecular weight excluding hydrogens is 184 g/mol. The zero-order valence-corrected chi connectivity index (χ0v) is 10.6. The number of carbonyl (C=O) groups is 1. The summed E-state index contributed by atoms with van der Waals surface area (Å²) in [6.45, 7) is 8.95. The van der Waals surface area contributed by atoms with Crippen molar-refractivity contribution in [3.05, 3.63) is 0 Å². The van der Waals surface area contributed by atoms with Crippen molar-refractivity contribution in [2.45, 2.75) is 59.8 Å². The fourth-order valence-corrected chi connectivity index (χ4v) is 4.03. The van der Waals surface area contributed by atoms with Gasteiger partial charge in [-0.25, -0.2) is 0 Å². The Hall–Kier alpha value is -0.330. The fourth-order valence-electron chi connectivity index (χ4n) is 4.03. The van der Waals surface area contributed by atoms with Gasteiger partial charge in [0.1, 0.15) is 5.78 Å². The average molecular weight is 208 g/mol. The molecule has 0 N–H and O–H groups in total. The van der Waals surface area contributed by atoms with E-state index < -0.39 is 0 Å². The third kappa shape index (κ3) is 1.86. The monoisotopic (exact) mass is 208 g/mol. The Bertz CT molecular complexity index is 279. The smallest absolute Gasteiger partial charge is 0.133 e. The van der Waals surface area contributed by atoms with Gasteiger partial charge in [0.15, 0.2) is 0 Å². The van der Waals surface area contributed by atoms with Crippen LogP contribution in [0.1, 0.15) is 59.8 Å². The summed E-state index contributed by atoms with van der Waals surface area (Å²) in [4.78, 5) is 11.5. The lowest BCUT2D eigenvalue weighted by atomic mass is 9.57. The number of rotatable bonds is 2. The first kappa shape index (κ1) is 11.2. The van der Waals surface area contributed by atoms with Gasteiger partial charge in [0.2, 0.25) is 0 Å². The van der Waals surface area contributed by atoms with Crippen molar-refractivity contribution in [3.63, 3.8) is 0 Å². The summed E-state index contributed by atoms with van der Waals surface area (Å²) in [7, 11) is 0. The Morgan fingerprint density at radius 3 is 2.13 bits per heavy atom. The highest BCUT2D eigenvalue weighted by Crippen LogP contribution is 2.59. The molecule has 0 saturated heterocycles. The third-order valence-corrected chi connectivity index (χ3v) is 4.95. The van der Waals surface area contributed by atoms with Crippen molar-refractivity contribution < 1.29 is 4.79 Å². The van der Waals surface area contributed by atoms with Gasteiger partial charge in [0, 0.05) is 5.92 Å². The van der Waals surface area contributed by atoms with Gasteiger partial charge in [-0.2, -0.15) is 0 Å². The second-order valence-corrected chi connectivity index (χ2v) is 6.90. The molecule has 2 aliphatic rings. The highest BCUT2D eigenvalue weighted by atomic mass is 16.1. The van der Waals surface area contributed by atoms with Crippen LogP contribution in [0.4, 0.5) is 0 Å². The molecule has 0 aliphatic heterocycles. The summed E-state index contributed by atoms with van der Waals surface area (Å²) in [6, 6.07) is 0. The maximum atomic E-state index is 11.5. The quantitative estimate of drug-likeness (QED) is 0.674. The molecule has 0 aromatic carbocycles. The molecule has 86 valence electrons. The fraction of sp³-hybridized carbons (Fsp3) is 0.929. The predicted molar refractivity (Wildman–Crippen MR) is 62.6 cm³/mol. The Labute approximate surface area is 93.6 Å². The van der Waals surface area contributed by atoms with Gasteiger partial charge in [-0.15, -0.1) is 0 Å². The number of Topliss-reactive ketones (excluding diaryl/α,β-unsaturated/α-hetero) is 1. The lowest BCUT2D eigenvalue weighted by Gasteiger charge is -2.46. The molecule has 0 aromatic rings. The molecule has 0 amide bonds. The van der Waals surface area contributed by atoms with E-state index in [9.17, 15) is 4.79 Å². The van der Waals surface area contributed by atoms with Crippen LogP contribution in [0.5, 0.6) is 0 Å². The minimum atomic E-state index is 0.393. The van der Waals surface area contributed by atoms with E-state index in [1.54, 1.807) is 6.92 Å². The van der Waals surface area contributed by atoms with Gasteiger partial charge in [-0.1, -0.05) is 20.8 Å². The third-order valence-electron chi connectivity index (χ3n) is 4.95. The zero-order chi connectivity index (χ0) is 11.3. The summed E-state index contributed by atoms with van der Waals surface area (Å²) < 4.78 is 0. The largest absolute Gasteiger partial charge is 0.300 e. The van der Waals surface area contributed by atoms with Crippen LogP contribution >= 0.6 is 0 Å². The van der Waals surface area contributed by atoms with E-state index in [1.807, 2.05) is 0 Å². The Morgan fingerprint density at radius 2 is 1.80 bits per heavy atom. The molecule has 1 nitrogen and oxygen atoms in total. The summed E-state index contributed by atoms with van der Waals surface area (Å²) in [6.07, 6.45) is 6.42. The van der Waals surface area contributed by atoms with Crippen molar-refractivity contribution >= 4 is 5.78 Å². The van der Waals surface area contributed by atoms with Crippen molar-refractivity contribution in [3.8, 4) is 0 Å². The Kier molecular flexibility index (Phi) is 2.48. The first-order chi connectivity index (χ1) is 6.84. The van der Waals surface area contributed by atoms with Crippen LogP contribution in [0.25, 0.3) is 0 Å². The summed E-state index contributed by atoms with van der Waals surface area (Å²) in [5, 5.41) is 0. The molecular formula is C14H24O. The summed E-state index contributed by atoms with van der Waals surface area (Å²) in [5.74, 6) is 1.51. The van der Waals surface area contributed by atoms with Gasteiger partial charge in [-0.3, -0.25) is 4.79 Å². The molecule has 1 heteroatoms. The molecule has 3 atom stereocenters. The van der Waals surface area contributed by atoms with E-state index in [0.717, 1.165) is 6.42 Å². The van der Waals surface area contributed by atoms with E-state index >= 15 is 0 Å². The van der Waals surface area contributed by atoms with Gasteiger partial charge < -0.3 is 0 Å². The maximum Gasteiger partial charge on any atom is 0.133 e. The first-order valence-corrected chi connectivity index (χ1v) is 6.35. The van der Waals surface area contributed by atoms with Crippen molar-refractivity contribution in [1.82, 2.24) is 0 Å². The molecule has 15 heavy (non-hydrogen) atoms. The molecule has 0 spiro atoms. The Morgan fingerprint density at radius 1 is 1.13 bits per heavy atom. The van der Waals surface area contributed by atoms with Crippen LogP contribution in [0.2, 0.25) is 0 Å². The second kappa shape index (κ2) is 3.33. The molecule has 0 bridgehead atoms. The average Bonchev–Trinajstić information content (AvgIpc) is 2.21. The predicted octanol–water partition coefficient (Wildman–Crippen LogP) is 3.82. The summed E-state index contributed by atoms with van der Waals surface area (Å²) >= 11 is 0. The molecule has 2 aliphatic carbocycles. The van der Waals surface area contributed by atoms with Crippen LogP contribution in [0.3, 0.4) is 0 Å². The molecule has 2 fully saturated rings. The number of hydrogen-bond acceptors (Lipinski definition) is 1. The minimum Gasteiger partial charge on any atom is -0.300 e. The van der Waals surface area contributed by atoms with E-state index in [1.165, 1.54) is 25.7 Å². The number of ketones is 1. The summed E-state index contributed by atoms with van der Waals surface area (Å²) in [5.41, 5.74) is 0.962. The highest BCUT2D eigenvalue weighted by Gasteiger charge is 2.51. The second-order valence-electron chi connectivity index (χ2n) is 6.90. The van der Waals surface area contributed by atoms with Crippen LogP contribution in [-0.2, 0) is 4.79 Å². The van der Waals surface area contributed by atoms with Gasteiger partial charge in [-0.05, 0) is 55.8 Å². The van der Waals surface area contributed by atoms with Gasteiger partial charge in [0.25, 0.3) is 0 Å². The lowest BCUT2D eigenvalue weighted by molar-refractivity contribution is -0.129. The van der Waals surface area contributed by atoms with Crippen LogP contribution in [0, 0.1) is 22.7 Å². The van der Waals surface area contributed by atoms with E-state index in [0.29, 0.717) is 28.4 Å². The van der Waals surface area contributed by atoms with Crippen molar-refractivity contribution in [2.75, 3.05) is 0 Å². The molecule has 0 radical (unpaired) electrons. The zero-order valence-electron chi connectivity index (χ0n) is 10.6. The molecule has 3 unspecified atom stereocenters. The topological polar surface area (TPSA) is 17.1 Å². The lowest BCUT2D eigenvalue weighted by Crippen LogP contribution is -2.42.